The summed E-state index contributed by atoms with van der Waals surface area (Å²) in [5, 5.41) is 8.75. The minimum atomic E-state index is -0.579. The van der Waals surface area contributed by atoms with Gasteiger partial charge in [0.1, 0.15) is 12.4 Å². The van der Waals surface area contributed by atoms with E-state index in [9.17, 15) is 4.79 Å². The zero-order valence-electron chi connectivity index (χ0n) is 17.0. The van der Waals surface area contributed by atoms with Crippen LogP contribution in [0.3, 0.4) is 0 Å². The molecular weight excluding hydrogens is 373 g/mol. The first-order chi connectivity index (χ1) is 13.4. The first kappa shape index (κ1) is 22.2. The average Bonchev–Trinajstić information content (AvgIpc) is 2.69. The Hall–Kier alpha value is -2.07. The second-order valence-corrected chi connectivity index (χ2v) is 9.20. The number of amides is 1. The fraction of sp³-hybridized carbons (Fsp3) is 0.364. The number of allylic oxidation sites excluding steroid dienone is 4. The molecule has 0 bridgehead atoms. The molecule has 1 heterocycles. The lowest BCUT2D eigenvalue weighted by molar-refractivity contribution is -0.124. The Bertz CT molecular complexity index is 808. The van der Waals surface area contributed by atoms with Gasteiger partial charge >= 0.3 is 0 Å². The molecule has 0 saturated heterocycles. The molecule has 1 aliphatic heterocycles. The minimum absolute atomic E-state index is 0.0673. The average molecular weight is 403 g/mol. The number of nitrogens with one attached hydrogen (secondary N) is 1. The van der Waals surface area contributed by atoms with E-state index in [2.05, 4.69) is 50.4 Å². The van der Waals surface area contributed by atoms with Crippen LogP contribution in [-0.4, -0.2) is 43.4 Å². The number of carbonyl (C=O) groups is 1. The molecule has 2 rings (SSSR count). The maximum Gasteiger partial charge on any atom is 0.267 e. The van der Waals surface area contributed by atoms with Crippen LogP contribution in [-0.2, 0) is 14.3 Å². The van der Waals surface area contributed by atoms with Crippen LogP contribution in [0.15, 0.2) is 70.3 Å². The van der Waals surface area contributed by atoms with Crippen molar-refractivity contribution in [3.05, 3.63) is 70.3 Å². The molecule has 2 unspecified atom stereocenters. The number of ether oxygens (including phenoxy) is 2. The van der Waals surface area contributed by atoms with Gasteiger partial charge in [-0.05, 0) is 45.0 Å². The van der Waals surface area contributed by atoms with Crippen LogP contribution in [0, 0.1) is 0 Å². The summed E-state index contributed by atoms with van der Waals surface area (Å²) in [4.78, 5) is 11.4. The number of hydrogen-bond acceptors (Lipinski definition) is 4. The van der Waals surface area contributed by atoms with Crippen molar-refractivity contribution in [3.8, 4) is 0 Å². The van der Waals surface area contributed by atoms with Gasteiger partial charge in [-0.2, -0.15) is 0 Å². The SMILES string of the molecule is COC1CC=C(/C=C/C(=O)NO)C(OCC2=CC=[PH](C)C=C2)=C1CC=C(C)C. The van der Waals surface area contributed by atoms with Gasteiger partial charge in [-0.3, -0.25) is 10.0 Å². The van der Waals surface area contributed by atoms with E-state index in [-0.39, 0.29) is 6.10 Å². The summed E-state index contributed by atoms with van der Waals surface area (Å²) < 4.78 is 11.9. The maximum absolute atomic E-state index is 11.4. The molecule has 2 atom stereocenters. The van der Waals surface area contributed by atoms with Crippen molar-refractivity contribution < 1.29 is 19.5 Å². The Kier molecular flexibility index (Phi) is 8.78. The third-order valence-corrected chi connectivity index (χ3v) is 5.92. The van der Waals surface area contributed by atoms with E-state index in [1.807, 2.05) is 6.08 Å². The highest BCUT2D eigenvalue weighted by atomic mass is 31.1. The molecule has 152 valence electrons. The van der Waals surface area contributed by atoms with Crippen LogP contribution in [0.25, 0.3) is 0 Å². The minimum Gasteiger partial charge on any atom is -0.488 e. The molecule has 0 radical (unpaired) electrons. The van der Waals surface area contributed by atoms with Gasteiger partial charge in [-0.25, -0.2) is 5.48 Å². The van der Waals surface area contributed by atoms with Crippen molar-refractivity contribution in [2.75, 3.05) is 20.4 Å². The Balaban J connectivity index is 2.34. The molecule has 28 heavy (non-hydrogen) atoms. The fourth-order valence-electron chi connectivity index (χ4n) is 2.94. The van der Waals surface area contributed by atoms with Gasteiger partial charge in [-0.1, -0.05) is 41.5 Å². The number of methoxy groups -OCH3 is 1. The van der Waals surface area contributed by atoms with E-state index in [0.717, 1.165) is 28.9 Å². The highest BCUT2D eigenvalue weighted by molar-refractivity contribution is 7.60. The molecule has 2 aliphatic rings. The largest absolute Gasteiger partial charge is 0.488 e. The standard InChI is InChI=1S/C22H30NO4P/c1-16(2)5-8-19-20(26-3)9-6-18(7-10-21(24)23-25)22(19)27-15-17-11-13-28(4)14-12-17/h5-7,10-14,20,25,28H,8-9,15H2,1-4H3,(H,23,24)/b10-7+. The smallest absolute Gasteiger partial charge is 0.267 e. The summed E-state index contributed by atoms with van der Waals surface area (Å²) in [5.74, 6) is 4.64. The third-order valence-electron chi connectivity index (χ3n) is 4.54. The summed E-state index contributed by atoms with van der Waals surface area (Å²) >= 11 is 0. The molecular formula is C22H30NO4P. The van der Waals surface area contributed by atoms with Crippen LogP contribution in [0.5, 0.6) is 0 Å². The van der Waals surface area contributed by atoms with Gasteiger partial charge in [0, 0.05) is 24.3 Å². The topological polar surface area (TPSA) is 67.8 Å². The Labute approximate surface area is 168 Å². The molecule has 0 fully saturated rings. The lowest BCUT2D eigenvalue weighted by atomic mass is 9.91. The molecule has 1 aliphatic carbocycles. The normalized spacial score (nSPS) is 21.8. The summed E-state index contributed by atoms with van der Waals surface area (Å²) in [7, 11) is 1.19. The molecule has 1 amide bonds. The van der Waals surface area contributed by atoms with Gasteiger partial charge in [-0.15, -0.1) is 7.55 Å². The number of hydroxylamine groups is 1. The molecule has 0 spiro atoms. The van der Waals surface area contributed by atoms with E-state index in [0.29, 0.717) is 13.0 Å². The molecule has 6 heteroatoms. The molecule has 0 aromatic heterocycles. The Morgan fingerprint density at radius 3 is 2.82 bits per heavy atom. The van der Waals surface area contributed by atoms with Gasteiger partial charge in [0.25, 0.3) is 5.91 Å². The van der Waals surface area contributed by atoms with Crippen molar-refractivity contribution in [2.45, 2.75) is 32.8 Å². The van der Waals surface area contributed by atoms with Gasteiger partial charge in [0.15, 0.2) is 0 Å². The van der Waals surface area contributed by atoms with Gasteiger partial charge in [0.05, 0.1) is 6.10 Å². The highest BCUT2D eigenvalue weighted by Gasteiger charge is 2.24. The van der Waals surface area contributed by atoms with E-state index in [4.69, 9.17) is 14.7 Å². The van der Waals surface area contributed by atoms with Crippen molar-refractivity contribution >= 4 is 19.2 Å². The van der Waals surface area contributed by atoms with Crippen LogP contribution in [0.2, 0.25) is 0 Å². The highest BCUT2D eigenvalue weighted by Crippen LogP contribution is 2.32. The van der Waals surface area contributed by atoms with Crippen LogP contribution in [0.4, 0.5) is 0 Å². The summed E-state index contributed by atoms with van der Waals surface area (Å²) in [6, 6.07) is 0. The molecule has 0 saturated carbocycles. The summed E-state index contributed by atoms with van der Waals surface area (Å²) in [5.41, 5.74) is 5.82. The predicted octanol–water partition coefficient (Wildman–Crippen LogP) is 4.12. The zero-order valence-corrected chi connectivity index (χ0v) is 18.0. The van der Waals surface area contributed by atoms with Gasteiger partial charge < -0.3 is 9.47 Å². The van der Waals surface area contributed by atoms with E-state index in [1.54, 1.807) is 18.7 Å². The van der Waals surface area contributed by atoms with E-state index >= 15 is 0 Å². The van der Waals surface area contributed by atoms with Crippen LogP contribution < -0.4 is 5.48 Å². The van der Waals surface area contributed by atoms with Gasteiger partial charge in [0.2, 0.25) is 0 Å². The molecule has 2 N–H and O–H groups in total. The second-order valence-electron chi connectivity index (χ2n) is 7.04. The number of rotatable bonds is 8. The maximum atomic E-state index is 11.4. The monoisotopic (exact) mass is 403 g/mol. The van der Waals surface area contributed by atoms with E-state index < -0.39 is 13.5 Å². The van der Waals surface area contributed by atoms with Crippen molar-refractivity contribution in [1.29, 1.82) is 0 Å². The summed E-state index contributed by atoms with van der Waals surface area (Å²) in [6.07, 6.45) is 12.7. The van der Waals surface area contributed by atoms with E-state index in [1.165, 1.54) is 11.6 Å². The zero-order chi connectivity index (χ0) is 20.5. The van der Waals surface area contributed by atoms with Crippen molar-refractivity contribution in [1.82, 2.24) is 5.48 Å². The van der Waals surface area contributed by atoms with Crippen LogP contribution in [0.1, 0.15) is 26.7 Å². The molecule has 5 nitrogen and oxygen atoms in total. The lowest BCUT2D eigenvalue weighted by Gasteiger charge is -2.27. The summed E-state index contributed by atoms with van der Waals surface area (Å²) in [6.45, 7) is 6.80. The quantitative estimate of drug-likeness (QED) is 0.210. The third kappa shape index (κ3) is 6.52. The fourth-order valence-corrected chi connectivity index (χ4v) is 4.00. The number of hydrogen-bond donors (Lipinski definition) is 2. The Morgan fingerprint density at radius 2 is 2.21 bits per heavy atom. The van der Waals surface area contributed by atoms with Crippen LogP contribution >= 0.6 is 7.55 Å². The second kappa shape index (κ2) is 11.1. The lowest BCUT2D eigenvalue weighted by Crippen LogP contribution is -2.21. The number of carbonyl (C=O) groups excluding carboxylic acids is 1. The Morgan fingerprint density at radius 1 is 1.43 bits per heavy atom. The van der Waals surface area contributed by atoms with Crippen molar-refractivity contribution in [2.24, 2.45) is 0 Å². The first-order valence-electron chi connectivity index (χ1n) is 9.34. The predicted molar refractivity (Wildman–Crippen MR) is 117 cm³/mol. The van der Waals surface area contributed by atoms with Crippen molar-refractivity contribution in [3.63, 3.8) is 0 Å². The molecule has 0 aromatic rings. The first-order valence-corrected chi connectivity index (χ1v) is 11.5. The molecule has 0 aromatic carbocycles.